The Bertz CT molecular complexity index is 1040. The van der Waals surface area contributed by atoms with Crippen molar-refractivity contribution in [2.75, 3.05) is 6.61 Å². The number of esters is 1. The summed E-state index contributed by atoms with van der Waals surface area (Å²) in [5.41, 5.74) is 5.48. The number of fused-ring (bicyclic) bond motifs is 1. The van der Waals surface area contributed by atoms with Gasteiger partial charge in [-0.2, -0.15) is 0 Å². The van der Waals surface area contributed by atoms with Crippen molar-refractivity contribution in [1.29, 1.82) is 0 Å². The minimum Gasteiger partial charge on any atom is -0.454 e. The summed E-state index contributed by atoms with van der Waals surface area (Å²) in [5, 5.41) is 0. The number of oxazole rings is 1. The maximum absolute atomic E-state index is 11.9. The Labute approximate surface area is 152 Å². The van der Waals surface area contributed by atoms with Gasteiger partial charge in [0, 0.05) is 5.56 Å². The van der Waals surface area contributed by atoms with E-state index in [-0.39, 0.29) is 0 Å². The van der Waals surface area contributed by atoms with Crippen molar-refractivity contribution in [3.63, 3.8) is 0 Å². The molecule has 1 aromatic heterocycles. The molecule has 9 heteroatoms. The van der Waals surface area contributed by atoms with E-state index >= 15 is 0 Å². The predicted octanol–water partition coefficient (Wildman–Crippen LogP) is 0.599. The topological polar surface area (TPSA) is 120 Å². The summed E-state index contributed by atoms with van der Waals surface area (Å²) in [6.45, 7) is -1.02. The molecule has 0 atom stereocenters. The van der Waals surface area contributed by atoms with Crippen LogP contribution >= 0.6 is 0 Å². The smallest absolute Gasteiger partial charge is 0.420 e. The van der Waals surface area contributed by atoms with Crippen LogP contribution < -0.4 is 16.6 Å². The molecule has 0 aliphatic heterocycles. The van der Waals surface area contributed by atoms with Crippen LogP contribution in [0.15, 0.2) is 63.8 Å². The Morgan fingerprint density at radius 3 is 2.44 bits per heavy atom. The van der Waals surface area contributed by atoms with E-state index in [4.69, 9.17) is 9.15 Å². The lowest BCUT2D eigenvalue weighted by Crippen LogP contribution is -2.43. The summed E-state index contributed by atoms with van der Waals surface area (Å²) in [5.74, 6) is -2.73. The number of aromatic nitrogens is 1. The van der Waals surface area contributed by atoms with E-state index in [1.807, 2.05) is 0 Å². The summed E-state index contributed by atoms with van der Waals surface area (Å²) >= 11 is 0. The molecule has 0 aliphatic rings. The van der Waals surface area contributed by atoms with E-state index in [0.717, 1.165) is 4.57 Å². The molecule has 2 aromatic carbocycles. The van der Waals surface area contributed by atoms with Crippen molar-refractivity contribution in [2.24, 2.45) is 0 Å². The molecule has 2 N–H and O–H groups in total. The van der Waals surface area contributed by atoms with Crippen LogP contribution in [-0.2, 0) is 20.9 Å². The Hall–Kier alpha value is -3.88. The molecule has 0 bridgehead atoms. The second-order valence-corrected chi connectivity index (χ2v) is 5.45. The van der Waals surface area contributed by atoms with Crippen LogP contribution in [-0.4, -0.2) is 29.0 Å². The molecule has 0 aliphatic carbocycles. The maximum Gasteiger partial charge on any atom is 0.420 e. The van der Waals surface area contributed by atoms with Crippen LogP contribution in [0.1, 0.15) is 10.4 Å². The molecule has 3 aromatic rings. The number of hydrazine groups is 1. The monoisotopic (exact) mass is 369 g/mol. The number of carbonyl (C=O) groups is 3. The zero-order valence-electron chi connectivity index (χ0n) is 14.0. The number of nitrogens with zero attached hydrogens (tertiary/aromatic N) is 1. The molecule has 0 spiro atoms. The van der Waals surface area contributed by atoms with E-state index in [2.05, 4.69) is 10.9 Å². The van der Waals surface area contributed by atoms with Gasteiger partial charge in [-0.3, -0.25) is 29.8 Å². The zero-order chi connectivity index (χ0) is 19.2. The van der Waals surface area contributed by atoms with Gasteiger partial charge in [-0.15, -0.1) is 0 Å². The Balaban J connectivity index is 1.49. The first kappa shape index (κ1) is 17.9. The number of nitrogens with one attached hydrogen (secondary N) is 2. The number of ether oxygens (including phenoxy) is 1. The predicted molar refractivity (Wildman–Crippen MR) is 93.5 cm³/mol. The van der Waals surface area contributed by atoms with Crippen LogP contribution in [0.4, 0.5) is 0 Å². The second-order valence-electron chi connectivity index (χ2n) is 5.45. The van der Waals surface area contributed by atoms with Crippen molar-refractivity contribution in [3.05, 3.63) is 70.7 Å². The molecule has 0 unspecified atom stereocenters. The number of amides is 2. The molecule has 138 valence electrons. The van der Waals surface area contributed by atoms with Gasteiger partial charge in [-0.25, -0.2) is 4.79 Å². The van der Waals surface area contributed by atoms with Crippen LogP contribution in [0.3, 0.4) is 0 Å². The van der Waals surface area contributed by atoms with E-state index in [0.29, 0.717) is 16.7 Å². The highest BCUT2D eigenvalue weighted by atomic mass is 16.5. The van der Waals surface area contributed by atoms with Crippen molar-refractivity contribution in [1.82, 2.24) is 15.4 Å². The molecular formula is C18H15N3O6. The van der Waals surface area contributed by atoms with Gasteiger partial charge >= 0.3 is 11.7 Å². The molecule has 0 saturated carbocycles. The van der Waals surface area contributed by atoms with Crippen LogP contribution in [0.2, 0.25) is 0 Å². The SMILES string of the molecule is O=C(COC(=O)Cn1c(=O)oc2ccccc21)NNC(=O)c1ccccc1. The normalized spacial score (nSPS) is 10.4. The number of hydrogen-bond donors (Lipinski definition) is 2. The quantitative estimate of drug-likeness (QED) is 0.502. The lowest BCUT2D eigenvalue weighted by atomic mass is 10.2. The fourth-order valence-corrected chi connectivity index (χ4v) is 2.31. The van der Waals surface area contributed by atoms with Gasteiger partial charge in [0.1, 0.15) is 6.54 Å². The van der Waals surface area contributed by atoms with E-state index in [9.17, 15) is 19.2 Å². The molecule has 2 amide bonds. The number of rotatable bonds is 5. The van der Waals surface area contributed by atoms with Gasteiger partial charge in [-0.05, 0) is 24.3 Å². The summed E-state index contributed by atoms with van der Waals surface area (Å²) in [6, 6.07) is 14.9. The fourth-order valence-electron chi connectivity index (χ4n) is 2.31. The summed E-state index contributed by atoms with van der Waals surface area (Å²) < 4.78 is 10.9. The average molecular weight is 369 g/mol. The Morgan fingerprint density at radius 1 is 0.963 bits per heavy atom. The van der Waals surface area contributed by atoms with Crippen molar-refractivity contribution >= 4 is 28.9 Å². The second kappa shape index (κ2) is 8.00. The maximum atomic E-state index is 11.9. The van der Waals surface area contributed by atoms with Crippen molar-refractivity contribution in [2.45, 2.75) is 6.54 Å². The van der Waals surface area contributed by atoms with Crippen molar-refractivity contribution in [3.8, 4) is 0 Å². The number of para-hydroxylation sites is 2. The highest BCUT2D eigenvalue weighted by Crippen LogP contribution is 2.11. The first-order valence-electron chi connectivity index (χ1n) is 7.93. The van der Waals surface area contributed by atoms with Gasteiger partial charge in [0.2, 0.25) is 0 Å². The van der Waals surface area contributed by atoms with Crippen molar-refractivity contribution < 1.29 is 23.5 Å². The Kier molecular flexibility index (Phi) is 5.31. The lowest BCUT2D eigenvalue weighted by Gasteiger charge is -2.08. The van der Waals surface area contributed by atoms with Crippen LogP contribution in [0, 0.1) is 0 Å². The fraction of sp³-hybridized carbons (Fsp3) is 0.111. The van der Waals surface area contributed by atoms with Crippen LogP contribution in [0.5, 0.6) is 0 Å². The standard InChI is InChI=1S/C18H15N3O6/c22-15(19-20-17(24)12-6-2-1-3-7-12)11-26-16(23)10-21-13-8-4-5-9-14(13)27-18(21)25/h1-9H,10-11H2,(H,19,22)(H,20,24). The largest absolute Gasteiger partial charge is 0.454 e. The van der Waals surface area contributed by atoms with E-state index in [1.165, 1.54) is 0 Å². The summed E-state index contributed by atoms with van der Waals surface area (Å²) in [4.78, 5) is 47.1. The lowest BCUT2D eigenvalue weighted by molar-refractivity contribution is -0.149. The number of hydrogen-bond acceptors (Lipinski definition) is 6. The van der Waals surface area contributed by atoms with E-state index in [1.54, 1.807) is 54.6 Å². The minimum absolute atomic E-state index is 0.344. The highest BCUT2D eigenvalue weighted by molar-refractivity contribution is 5.95. The third kappa shape index (κ3) is 4.40. The highest BCUT2D eigenvalue weighted by Gasteiger charge is 2.14. The molecule has 3 rings (SSSR count). The summed E-state index contributed by atoms with van der Waals surface area (Å²) in [7, 11) is 0. The third-order valence-electron chi connectivity index (χ3n) is 3.58. The number of benzene rings is 2. The van der Waals surface area contributed by atoms with Gasteiger partial charge in [0.05, 0.1) is 5.52 Å². The molecule has 27 heavy (non-hydrogen) atoms. The molecule has 0 fully saturated rings. The van der Waals surface area contributed by atoms with Crippen LogP contribution in [0.25, 0.3) is 11.1 Å². The third-order valence-corrected chi connectivity index (χ3v) is 3.58. The first-order chi connectivity index (χ1) is 13.0. The molecule has 0 saturated heterocycles. The molecule has 0 radical (unpaired) electrons. The van der Waals surface area contributed by atoms with E-state index < -0.39 is 36.7 Å². The minimum atomic E-state index is -0.798. The van der Waals surface area contributed by atoms with Gasteiger partial charge in [-0.1, -0.05) is 30.3 Å². The molecular weight excluding hydrogens is 354 g/mol. The number of carbonyl (C=O) groups excluding carboxylic acids is 3. The molecule has 9 nitrogen and oxygen atoms in total. The Morgan fingerprint density at radius 2 is 1.67 bits per heavy atom. The summed E-state index contributed by atoms with van der Waals surface area (Å²) in [6.07, 6.45) is 0. The molecule has 1 heterocycles. The van der Waals surface area contributed by atoms with Gasteiger partial charge in [0.25, 0.3) is 11.8 Å². The van der Waals surface area contributed by atoms with Gasteiger partial charge < -0.3 is 9.15 Å². The average Bonchev–Trinajstić information content (AvgIpc) is 3.00. The first-order valence-corrected chi connectivity index (χ1v) is 7.93. The zero-order valence-corrected chi connectivity index (χ0v) is 14.0. The van der Waals surface area contributed by atoms with Gasteiger partial charge in [0.15, 0.2) is 12.2 Å².